The fourth-order valence-electron chi connectivity index (χ4n) is 1.52. The monoisotopic (exact) mass is 247 g/mol. The highest BCUT2D eigenvalue weighted by molar-refractivity contribution is 5.85. The van der Waals surface area contributed by atoms with Gasteiger partial charge in [0.25, 0.3) is 0 Å². The van der Waals surface area contributed by atoms with Crippen molar-refractivity contribution in [1.29, 1.82) is 0 Å². The highest BCUT2D eigenvalue weighted by Crippen LogP contribution is 2.22. The average Bonchev–Trinajstić information content (AvgIpc) is 2.59. The Morgan fingerprint density at radius 2 is 2.12 bits per heavy atom. The van der Waals surface area contributed by atoms with E-state index in [1.807, 2.05) is 6.20 Å². The highest BCUT2D eigenvalue weighted by atomic mass is 35.5. The van der Waals surface area contributed by atoms with E-state index in [4.69, 9.17) is 5.11 Å². The Morgan fingerprint density at radius 3 is 2.69 bits per heavy atom. The summed E-state index contributed by atoms with van der Waals surface area (Å²) in [5, 5.41) is 19.1. The molecule has 0 fully saturated rings. The molecule has 0 aliphatic carbocycles. The number of aliphatic hydroxyl groups excluding tert-OH is 1. The first-order valence-electron chi connectivity index (χ1n) is 5.40. The number of nitrogens with one attached hydrogen (secondary N) is 2. The van der Waals surface area contributed by atoms with Crippen LogP contribution in [0.25, 0.3) is 0 Å². The fourth-order valence-corrected chi connectivity index (χ4v) is 1.52. The van der Waals surface area contributed by atoms with E-state index in [1.165, 1.54) is 11.3 Å². The second-order valence-corrected chi connectivity index (χ2v) is 4.77. The van der Waals surface area contributed by atoms with E-state index >= 15 is 0 Å². The molecular formula is C11H22ClN3O. The van der Waals surface area contributed by atoms with E-state index in [0.29, 0.717) is 0 Å². The van der Waals surface area contributed by atoms with E-state index < -0.39 is 0 Å². The van der Waals surface area contributed by atoms with Crippen molar-refractivity contribution in [2.45, 2.75) is 39.2 Å². The van der Waals surface area contributed by atoms with Crippen LogP contribution in [0.15, 0.2) is 6.20 Å². The molecule has 94 valence electrons. The third-order valence-electron chi connectivity index (χ3n) is 2.29. The van der Waals surface area contributed by atoms with Crippen molar-refractivity contribution in [2.75, 3.05) is 13.2 Å². The molecule has 0 aliphatic heterocycles. The molecule has 0 saturated heterocycles. The summed E-state index contributed by atoms with van der Waals surface area (Å²) in [5.74, 6) is 0. The van der Waals surface area contributed by atoms with E-state index in [9.17, 15) is 0 Å². The van der Waals surface area contributed by atoms with E-state index in [-0.39, 0.29) is 24.4 Å². The minimum atomic E-state index is 0. The number of hydrogen-bond acceptors (Lipinski definition) is 3. The molecule has 1 rings (SSSR count). The predicted molar refractivity (Wildman–Crippen MR) is 67.9 cm³/mol. The zero-order chi connectivity index (χ0) is 11.3. The first-order chi connectivity index (χ1) is 7.05. The lowest BCUT2D eigenvalue weighted by Crippen LogP contribution is -2.20. The van der Waals surface area contributed by atoms with Gasteiger partial charge in [0.1, 0.15) is 0 Å². The molecule has 16 heavy (non-hydrogen) atoms. The summed E-state index contributed by atoms with van der Waals surface area (Å²) >= 11 is 0. The minimum Gasteiger partial charge on any atom is -0.396 e. The van der Waals surface area contributed by atoms with Crippen molar-refractivity contribution in [3.8, 4) is 0 Å². The zero-order valence-electron chi connectivity index (χ0n) is 10.2. The smallest absolute Gasteiger partial charge is 0.0535 e. The van der Waals surface area contributed by atoms with Crippen LogP contribution < -0.4 is 5.32 Å². The Morgan fingerprint density at radius 1 is 1.44 bits per heavy atom. The third-order valence-corrected chi connectivity index (χ3v) is 2.29. The maximum Gasteiger partial charge on any atom is 0.0535 e. The van der Waals surface area contributed by atoms with Gasteiger partial charge in [-0.3, -0.25) is 5.10 Å². The quantitative estimate of drug-likeness (QED) is 0.693. The largest absolute Gasteiger partial charge is 0.396 e. The number of aliphatic hydroxyl groups is 1. The van der Waals surface area contributed by atoms with Crippen LogP contribution in [0, 0.1) is 0 Å². The van der Waals surface area contributed by atoms with Crippen molar-refractivity contribution in [2.24, 2.45) is 0 Å². The van der Waals surface area contributed by atoms with Gasteiger partial charge in [-0.05, 0) is 13.0 Å². The highest BCUT2D eigenvalue weighted by Gasteiger charge is 2.19. The molecule has 0 spiro atoms. The molecule has 3 N–H and O–H groups in total. The predicted octanol–water partition coefficient (Wildman–Crippen LogP) is 1.60. The van der Waals surface area contributed by atoms with Gasteiger partial charge >= 0.3 is 0 Å². The summed E-state index contributed by atoms with van der Waals surface area (Å²) in [6, 6.07) is 0. The normalized spacial score (nSPS) is 11.2. The number of nitrogens with zero attached hydrogens (tertiary/aromatic N) is 1. The molecule has 0 radical (unpaired) electrons. The Bertz CT molecular complexity index is 294. The van der Waals surface area contributed by atoms with Crippen LogP contribution in [0.1, 0.15) is 38.4 Å². The molecule has 1 aromatic heterocycles. The molecule has 5 heteroatoms. The molecule has 4 nitrogen and oxygen atoms in total. The number of H-pyrrole nitrogens is 1. The van der Waals surface area contributed by atoms with Gasteiger partial charge in [0.05, 0.1) is 6.20 Å². The molecular weight excluding hydrogens is 226 g/mol. The molecule has 0 aliphatic rings. The number of aromatic amines is 1. The zero-order valence-corrected chi connectivity index (χ0v) is 11.0. The number of halogens is 1. The molecule has 0 atom stereocenters. The molecule has 0 amide bonds. The number of hydrogen-bond donors (Lipinski definition) is 3. The molecule has 0 bridgehead atoms. The van der Waals surface area contributed by atoms with Gasteiger partial charge in [-0.15, -0.1) is 12.4 Å². The third kappa shape index (κ3) is 4.51. The first kappa shape index (κ1) is 15.4. The van der Waals surface area contributed by atoms with Gasteiger partial charge in [0.15, 0.2) is 0 Å². The summed E-state index contributed by atoms with van der Waals surface area (Å²) in [5.41, 5.74) is 2.49. The van der Waals surface area contributed by atoms with Gasteiger partial charge in [-0.25, -0.2) is 0 Å². The van der Waals surface area contributed by atoms with Crippen LogP contribution in [-0.2, 0) is 12.0 Å². The maximum atomic E-state index is 8.65. The Hall–Kier alpha value is -0.580. The average molecular weight is 248 g/mol. The van der Waals surface area contributed by atoms with Gasteiger partial charge in [-0.2, -0.15) is 5.10 Å². The maximum absolute atomic E-state index is 8.65. The molecule has 0 aromatic carbocycles. The molecule has 0 unspecified atom stereocenters. The fraction of sp³-hybridized carbons (Fsp3) is 0.727. The van der Waals surface area contributed by atoms with E-state index in [1.54, 1.807) is 0 Å². The summed E-state index contributed by atoms with van der Waals surface area (Å²) in [7, 11) is 0. The van der Waals surface area contributed by atoms with Gasteiger partial charge in [0.2, 0.25) is 0 Å². The lowest BCUT2D eigenvalue weighted by molar-refractivity contribution is 0.286. The van der Waals surface area contributed by atoms with Gasteiger partial charge in [0, 0.05) is 29.8 Å². The van der Waals surface area contributed by atoms with Crippen LogP contribution in [0.2, 0.25) is 0 Å². The lowest BCUT2D eigenvalue weighted by Gasteiger charge is -2.18. The van der Waals surface area contributed by atoms with Gasteiger partial charge in [-0.1, -0.05) is 20.8 Å². The SMILES string of the molecule is CC(C)(C)c1[nH]ncc1CNCCCO.Cl. The van der Waals surface area contributed by atoms with E-state index in [2.05, 4.69) is 36.3 Å². The van der Waals surface area contributed by atoms with E-state index in [0.717, 1.165) is 19.5 Å². The number of rotatable bonds is 5. The van der Waals surface area contributed by atoms with Crippen molar-refractivity contribution >= 4 is 12.4 Å². The Kier molecular flexibility index (Phi) is 6.64. The lowest BCUT2D eigenvalue weighted by atomic mass is 9.89. The Balaban J connectivity index is 0.00000225. The van der Waals surface area contributed by atoms with Crippen LogP contribution in [0.4, 0.5) is 0 Å². The number of aromatic nitrogens is 2. The van der Waals surface area contributed by atoms with Crippen molar-refractivity contribution in [3.05, 3.63) is 17.5 Å². The second kappa shape index (κ2) is 6.89. The van der Waals surface area contributed by atoms with Crippen molar-refractivity contribution < 1.29 is 5.11 Å². The molecule has 1 heterocycles. The topological polar surface area (TPSA) is 60.9 Å². The first-order valence-corrected chi connectivity index (χ1v) is 5.40. The van der Waals surface area contributed by atoms with Crippen molar-refractivity contribution in [3.63, 3.8) is 0 Å². The van der Waals surface area contributed by atoms with Crippen molar-refractivity contribution in [1.82, 2.24) is 15.5 Å². The standard InChI is InChI=1S/C11H21N3O.ClH/c1-11(2,3)10-9(8-13-14-10)7-12-5-4-6-15;/h8,12,15H,4-7H2,1-3H3,(H,13,14);1H. The molecule has 1 aromatic rings. The summed E-state index contributed by atoms with van der Waals surface area (Å²) in [4.78, 5) is 0. The van der Waals surface area contributed by atoms with Gasteiger partial charge < -0.3 is 10.4 Å². The molecule has 0 saturated carbocycles. The minimum absolute atomic E-state index is 0. The van der Waals surface area contributed by atoms with Crippen LogP contribution in [-0.4, -0.2) is 28.5 Å². The van der Waals surface area contributed by atoms with Crippen LogP contribution in [0.3, 0.4) is 0 Å². The van der Waals surface area contributed by atoms with Crippen LogP contribution >= 0.6 is 12.4 Å². The second-order valence-electron chi connectivity index (χ2n) is 4.77. The summed E-state index contributed by atoms with van der Waals surface area (Å²) < 4.78 is 0. The summed E-state index contributed by atoms with van der Waals surface area (Å²) in [6.07, 6.45) is 2.66. The summed E-state index contributed by atoms with van der Waals surface area (Å²) in [6.45, 7) is 8.38. The Labute approximate surface area is 103 Å². The van der Waals surface area contributed by atoms with Crippen LogP contribution in [0.5, 0.6) is 0 Å².